The van der Waals surface area contributed by atoms with Gasteiger partial charge in [-0.25, -0.2) is 0 Å². The van der Waals surface area contributed by atoms with E-state index in [4.69, 9.17) is 74.1 Å². The zero-order valence-electron chi connectivity index (χ0n) is 59.2. The predicted molar refractivity (Wildman–Crippen MR) is 372 cm³/mol. The van der Waals surface area contributed by atoms with Crippen molar-refractivity contribution in [2.45, 2.75) is 234 Å². The number of ether oxygens (including phenoxy) is 8. The highest BCUT2D eigenvalue weighted by Gasteiger charge is 2.46. The van der Waals surface area contributed by atoms with Crippen LogP contribution in [0.2, 0.25) is 0 Å². The van der Waals surface area contributed by atoms with Gasteiger partial charge in [0.2, 0.25) is 27.2 Å². The fourth-order valence-corrected chi connectivity index (χ4v) is 21.6. The van der Waals surface area contributed by atoms with E-state index < -0.39 is 54.1 Å². The average molecular weight is 1420 g/mol. The Balaban J connectivity index is 1.59. The number of benzene rings is 4. The van der Waals surface area contributed by atoms with Gasteiger partial charge in [0, 0.05) is 90.4 Å². The van der Waals surface area contributed by atoms with Crippen molar-refractivity contribution in [3.05, 3.63) is 91.0 Å². The van der Waals surface area contributed by atoms with Crippen LogP contribution in [0.15, 0.2) is 24.3 Å². The molecule has 4 aliphatic heterocycles. The van der Waals surface area contributed by atoms with Gasteiger partial charge in [0.1, 0.15) is 46.0 Å². The lowest BCUT2D eigenvalue weighted by Gasteiger charge is -2.38. The topological polar surface area (TPSA) is 216 Å². The minimum absolute atomic E-state index is 0.106. The molecule has 1 aliphatic carbocycles. The first-order chi connectivity index (χ1) is 46.5. The Hall–Kier alpha value is -4.12. The smallest absolute Gasteiger partial charge is 0.335 e. The molecule has 0 N–H and O–H groups in total. The van der Waals surface area contributed by atoms with E-state index in [2.05, 4.69) is 52.0 Å². The fraction of sp³-hybridized carbons (Fsp3) is 0.667. The Labute approximate surface area is 571 Å². The molecule has 4 aromatic carbocycles. The molecule has 0 atom stereocenters. The lowest BCUT2D eigenvalue weighted by molar-refractivity contribution is 0.0942. The first kappa shape index (κ1) is 76.1. The summed E-state index contributed by atoms with van der Waals surface area (Å²) in [4.78, 5) is 0. The summed E-state index contributed by atoms with van der Waals surface area (Å²) in [6.45, 7) is 22.5. The van der Waals surface area contributed by atoms with Crippen LogP contribution in [0.25, 0.3) is 0 Å². The van der Waals surface area contributed by atoms with Crippen molar-refractivity contribution in [1.82, 2.24) is 0 Å². The van der Waals surface area contributed by atoms with Crippen LogP contribution in [0.1, 0.15) is 276 Å². The van der Waals surface area contributed by atoms with Gasteiger partial charge in [-0.3, -0.25) is 18.3 Å². The van der Waals surface area contributed by atoms with Gasteiger partial charge < -0.3 is 74.1 Å². The highest BCUT2D eigenvalue weighted by molar-refractivity contribution is 7.53. The Bertz CT molecular complexity index is 2860. The Morgan fingerprint density at radius 3 is 0.562 bits per heavy atom. The van der Waals surface area contributed by atoms with Crippen LogP contribution in [0.5, 0.6) is 46.0 Å². The molecule has 0 saturated heterocycles. The highest BCUT2D eigenvalue weighted by atomic mass is 31.2. The van der Waals surface area contributed by atoms with Gasteiger partial charge in [0.05, 0.1) is 77.5 Å². The van der Waals surface area contributed by atoms with Crippen LogP contribution in [-0.2, 0) is 79.1 Å². The molecule has 24 heteroatoms. The van der Waals surface area contributed by atoms with Gasteiger partial charge in [-0.1, -0.05) is 105 Å². The third kappa shape index (κ3) is 17.1. The van der Waals surface area contributed by atoms with Crippen molar-refractivity contribution in [2.75, 3.05) is 80.0 Å². The van der Waals surface area contributed by atoms with Crippen LogP contribution in [0.3, 0.4) is 0 Å². The third-order valence-corrected chi connectivity index (χ3v) is 26.6. The molecule has 0 spiro atoms. The quantitative estimate of drug-likeness (QED) is 0.0299. The van der Waals surface area contributed by atoms with Gasteiger partial charge in [-0.15, -0.1) is 0 Å². The molecule has 5 aliphatic rings. The van der Waals surface area contributed by atoms with Crippen LogP contribution in [0, 0.1) is 0 Å². The molecule has 0 saturated carbocycles. The SMILES string of the molecule is CCCCCC1c2cc3c4c(CP(=O)(OCC)OCC)c2OCOc2c1cc1c(c2CP(=O)(OCC)OCC)OCOc2c(cc5c(c2CP(=O)(OCC)OCC)OCOc2c(cc(c(c2CP(=O)(OCC)OCC)OCO4)C3CCCCC)C5CCCCC)C1CCCCC. The molecule has 4 aromatic rings. The maximum atomic E-state index is 15.6. The summed E-state index contributed by atoms with van der Waals surface area (Å²) < 4.78 is 169. The van der Waals surface area contributed by atoms with Gasteiger partial charge >= 0.3 is 30.4 Å². The molecule has 0 amide bonds. The van der Waals surface area contributed by atoms with E-state index in [1.165, 1.54) is 0 Å². The molecule has 4 heterocycles. The van der Waals surface area contributed by atoms with E-state index in [9.17, 15) is 0 Å². The van der Waals surface area contributed by atoms with E-state index in [-0.39, 0.29) is 105 Å². The standard InChI is InChI=1S/C72H108O20P4/c1-13-25-29-33-49-53-37-55-50(34-30-26-14-2)57-39-59-52(36-32-28-16-4)60-40-58-51(35-31-27-15-3)56-38-54(49)66-62(42-94(74,87-19-7)88-20-8)68(56)80-47-82-70(58)64(44-96(76,91-23-11)92-24-12)72(60)84-48-83-71(59)63(43-95(75,89-21-9)90-22-10)69(57)81-46-79-67(55)61(65(53)77-45-78-66)41-93(73,85-17-5)86-18-6/h37-40,49-52H,13-36,41-48H2,1-12H3. The number of unbranched alkanes of at least 4 members (excludes halogenated alkanes) is 8. The van der Waals surface area contributed by atoms with E-state index in [1.54, 1.807) is 55.4 Å². The van der Waals surface area contributed by atoms with E-state index in [1.807, 2.05) is 0 Å². The maximum absolute atomic E-state index is 15.6. The summed E-state index contributed by atoms with van der Waals surface area (Å²) >= 11 is 0. The normalized spacial score (nSPS) is 17.9. The summed E-state index contributed by atoms with van der Waals surface area (Å²) in [6, 6.07) is 8.94. The van der Waals surface area contributed by atoms with Crippen LogP contribution in [0.4, 0.5) is 0 Å². The average Bonchev–Trinajstić information content (AvgIpc) is 0.726. The second kappa shape index (κ2) is 35.5. The van der Waals surface area contributed by atoms with Crippen molar-refractivity contribution in [2.24, 2.45) is 0 Å². The summed E-state index contributed by atoms with van der Waals surface area (Å²) in [6.07, 6.45) is 11.7. The Morgan fingerprint density at radius 2 is 0.427 bits per heavy atom. The summed E-state index contributed by atoms with van der Waals surface area (Å²) in [7, 11) is -15.9. The Morgan fingerprint density at radius 1 is 0.271 bits per heavy atom. The van der Waals surface area contributed by atoms with Gasteiger partial charge in [-0.2, -0.15) is 0 Å². The molecule has 96 heavy (non-hydrogen) atoms. The largest absolute Gasteiger partial charge is 0.457 e. The monoisotopic (exact) mass is 1420 g/mol. The number of hydrogen-bond acceptors (Lipinski definition) is 20. The van der Waals surface area contributed by atoms with Gasteiger partial charge in [0.25, 0.3) is 0 Å². The second-order valence-electron chi connectivity index (χ2n) is 25.0. The van der Waals surface area contributed by atoms with Crippen LogP contribution < -0.4 is 37.9 Å². The molecule has 9 rings (SSSR count). The number of hydrogen-bond donors (Lipinski definition) is 0. The van der Waals surface area contributed by atoms with Crippen molar-refractivity contribution < 1.29 is 92.3 Å². The minimum Gasteiger partial charge on any atom is -0.457 e. The zero-order valence-corrected chi connectivity index (χ0v) is 62.8. The number of rotatable bonds is 40. The van der Waals surface area contributed by atoms with Crippen molar-refractivity contribution in [3.63, 3.8) is 0 Å². The van der Waals surface area contributed by atoms with Crippen LogP contribution >= 0.6 is 30.4 Å². The highest BCUT2D eigenvalue weighted by Crippen LogP contribution is 2.65. The molecule has 0 radical (unpaired) electrons. The van der Waals surface area contributed by atoms with Crippen molar-refractivity contribution >= 4 is 30.4 Å². The third-order valence-electron chi connectivity index (χ3n) is 18.6. The van der Waals surface area contributed by atoms with E-state index in [0.717, 1.165) is 122 Å². The molecule has 0 aromatic heterocycles. The summed E-state index contributed by atoms with van der Waals surface area (Å²) in [5.41, 5.74) is 8.27. The molecule has 536 valence electrons. The first-order valence-electron chi connectivity index (χ1n) is 35.9. The van der Waals surface area contributed by atoms with Crippen molar-refractivity contribution in [3.8, 4) is 46.0 Å². The maximum Gasteiger partial charge on any atom is 0.335 e. The van der Waals surface area contributed by atoms with Gasteiger partial charge in [-0.05, 0) is 105 Å². The Kier molecular flexibility index (Phi) is 28.1. The summed E-state index contributed by atoms with van der Waals surface area (Å²) in [5.74, 6) is 1.21. The van der Waals surface area contributed by atoms with Crippen LogP contribution in [-0.4, -0.2) is 80.0 Å². The molecular weight excluding hydrogens is 1310 g/mol. The molecule has 8 bridgehead atoms. The molecule has 0 unspecified atom stereocenters. The predicted octanol–water partition coefficient (Wildman–Crippen LogP) is 20.8. The first-order valence-corrected chi connectivity index (χ1v) is 42.8. The van der Waals surface area contributed by atoms with E-state index in [0.29, 0.717) is 93.9 Å². The lowest BCUT2D eigenvalue weighted by atomic mass is 9.74. The molecule has 0 fully saturated rings. The molecule has 20 nitrogen and oxygen atoms in total. The van der Waals surface area contributed by atoms with Gasteiger partial charge in [0.15, 0.2) is 0 Å². The fourth-order valence-electron chi connectivity index (χ4n) is 14.8. The summed E-state index contributed by atoms with van der Waals surface area (Å²) in [5, 5.41) is 0. The molecular formula is C72H108O20P4. The minimum atomic E-state index is -3.99. The lowest BCUT2D eigenvalue weighted by Crippen LogP contribution is -2.26. The van der Waals surface area contributed by atoms with Crippen molar-refractivity contribution in [1.29, 1.82) is 0 Å². The van der Waals surface area contributed by atoms with E-state index >= 15 is 18.3 Å². The second-order valence-corrected chi connectivity index (χ2v) is 33.2. The zero-order chi connectivity index (χ0) is 68.6.